The first-order valence-electron chi connectivity index (χ1n) is 9.11. The molecular formula is C19H26Cl2IN5O2. The second kappa shape index (κ2) is 12.9. The number of carbonyl (C=O) groups excluding carboxylic acids is 1. The first-order valence-corrected chi connectivity index (χ1v) is 9.87. The highest BCUT2D eigenvalue weighted by atomic mass is 127. The fourth-order valence-corrected chi connectivity index (χ4v) is 2.57. The molecule has 2 aromatic rings. The van der Waals surface area contributed by atoms with Crippen molar-refractivity contribution in [1.29, 1.82) is 0 Å². The molecule has 0 aliphatic rings. The Morgan fingerprint density at radius 1 is 1.14 bits per heavy atom. The van der Waals surface area contributed by atoms with E-state index in [1.807, 2.05) is 13.0 Å². The topological polar surface area (TPSA) is 91.6 Å². The van der Waals surface area contributed by atoms with Crippen LogP contribution in [0, 0.1) is 0 Å². The van der Waals surface area contributed by atoms with Crippen LogP contribution in [0.4, 0.5) is 0 Å². The van der Waals surface area contributed by atoms with Crippen LogP contribution in [0.3, 0.4) is 0 Å². The number of aliphatic imine (C=N–C) groups is 1. The number of amides is 1. The van der Waals surface area contributed by atoms with Gasteiger partial charge in [0.25, 0.3) is 5.91 Å². The Kier molecular flexibility index (Phi) is 11.4. The Bertz CT molecular complexity index is 827. The molecule has 1 aromatic carbocycles. The van der Waals surface area contributed by atoms with Crippen molar-refractivity contribution < 1.29 is 9.32 Å². The lowest BCUT2D eigenvalue weighted by Gasteiger charge is -2.11. The van der Waals surface area contributed by atoms with E-state index in [4.69, 9.17) is 27.7 Å². The summed E-state index contributed by atoms with van der Waals surface area (Å²) >= 11 is 11.8. The molecule has 0 unspecified atom stereocenters. The zero-order valence-electron chi connectivity index (χ0n) is 16.6. The molecule has 0 aliphatic heterocycles. The fourth-order valence-electron chi connectivity index (χ4n) is 2.27. The van der Waals surface area contributed by atoms with Gasteiger partial charge < -0.3 is 20.5 Å². The lowest BCUT2D eigenvalue weighted by molar-refractivity contribution is 0.0954. The maximum Gasteiger partial charge on any atom is 0.251 e. The molecule has 7 nitrogen and oxygen atoms in total. The molecule has 0 aliphatic carbocycles. The van der Waals surface area contributed by atoms with Gasteiger partial charge in [-0.2, -0.15) is 0 Å². The Morgan fingerprint density at radius 2 is 1.86 bits per heavy atom. The third-order valence-electron chi connectivity index (χ3n) is 3.79. The predicted molar refractivity (Wildman–Crippen MR) is 128 cm³/mol. The number of rotatable bonds is 8. The minimum atomic E-state index is -0.217. The molecule has 0 saturated heterocycles. The summed E-state index contributed by atoms with van der Waals surface area (Å²) in [6.07, 6.45) is 0. The lowest BCUT2D eigenvalue weighted by Crippen LogP contribution is -2.41. The van der Waals surface area contributed by atoms with Crippen molar-refractivity contribution in [3.05, 3.63) is 51.3 Å². The highest BCUT2D eigenvalue weighted by Gasteiger charge is 2.09. The van der Waals surface area contributed by atoms with Gasteiger partial charge in [-0.1, -0.05) is 42.2 Å². The second-order valence-electron chi connectivity index (χ2n) is 6.38. The van der Waals surface area contributed by atoms with E-state index in [0.717, 1.165) is 12.2 Å². The van der Waals surface area contributed by atoms with Crippen molar-refractivity contribution in [1.82, 2.24) is 21.1 Å². The Balaban J connectivity index is 0.00000420. The highest BCUT2D eigenvalue weighted by Crippen LogP contribution is 2.22. The first-order chi connectivity index (χ1) is 13.4. The highest BCUT2D eigenvalue weighted by molar-refractivity contribution is 14.0. The molecule has 2 rings (SSSR count). The summed E-state index contributed by atoms with van der Waals surface area (Å²) in [5.41, 5.74) is 1.37. The molecule has 29 heavy (non-hydrogen) atoms. The van der Waals surface area contributed by atoms with Crippen molar-refractivity contribution in [2.24, 2.45) is 4.99 Å². The van der Waals surface area contributed by atoms with Gasteiger partial charge >= 0.3 is 0 Å². The summed E-state index contributed by atoms with van der Waals surface area (Å²) in [6, 6.07) is 6.68. The fraction of sp³-hybridized carbons (Fsp3) is 0.421. The summed E-state index contributed by atoms with van der Waals surface area (Å²) in [4.78, 5) is 16.6. The van der Waals surface area contributed by atoms with Gasteiger partial charge in [-0.3, -0.25) is 4.79 Å². The maximum atomic E-state index is 12.1. The molecule has 0 saturated carbocycles. The molecule has 10 heteroatoms. The first kappa shape index (κ1) is 25.5. The Hall–Kier alpha value is -1.52. The molecule has 3 N–H and O–H groups in total. The number of benzene rings is 1. The Morgan fingerprint density at radius 3 is 2.48 bits per heavy atom. The summed E-state index contributed by atoms with van der Waals surface area (Å²) in [6.45, 7) is 8.12. The van der Waals surface area contributed by atoms with Gasteiger partial charge in [0.2, 0.25) is 0 Å². The summed E-state index contributed by atoms with van der Waals surface area (Å²) in [5.74, 6) is 1.43. The van der Waals surface area contributed by atoms with Gasteiger partial charge in [0.1, 0.15) is 6.54 Å². The van der Waals surface area contributed by atoms with E-state index in [-0.39, 0.29) is 29.9 Å². The number of guanidine groups is 1. The summed E-state index contributed by atoms with van der Waals surface area (Å²) < 4.78 is 5.29. The molecule has 1 heterocycles. The van der Waals surface area contributed by atoms with E-state index in [1.165, 1.54) is 0 Å². The van der Waals surface area contributed by atoms with Gasteiger partial charge in [-0.05, 0) is 31.0 Å². The van der Waals surface area contributed by atoms with E-state index >= 15 is 0 Å². The molecule has 1 amide bonds. The molecule has 160 valence electrons. The van der Waals surface area contributed by atoms with E-state index in [0.29, 0.717) is 52.9 Å². The summed E-state index contributed by atoms with van der Waals surface area (Å²) in [7, 11) is 0. The molecule has 0 spiro atoms. The number of halogens is 3. The third kappa shape index (κ3) is 8.39. The van der Waals surface area contributed by atoms with E-state index < -0.39 is 0 Å². The van der Waals surface area contributed by atoms with Crippen molar-refractivity contribution in [3.63, 3.8) is 0 Å². The van der Waals surface area contributed by atoms with Crippen LogP contribution in [0.1, 0.15) is 48.5 Å². The van der Waals surface area contributed by atoms with Crippen LogP contribution in [0.15, 0.2) is 33.8 Å². The van der Waals surface area contributed by atoms with Crippen molar-refractivity contribution in [2.45, 2.75) is 33.2 Å². The minimum Gasteiger partial charge on any atom is -0.359 e. The van der Waals surface area contributed by atoms with E-state index in [2.05, 4.69) is 39.9 Å². The van der Waals surface area contributed by atoms with Crippen LogP contribution >= 0.6 is 47.2 Å². The smallest absolute Gasteiger partial charge is 0.251 e. The monoisotopic (exact) mass is 553 g/mol. The van der Waals surface area contributed by atoms with Gasteiger partial charge in [0.15, 0.2) is 11.7 Å². The normalized spacial score (nSPS) is 11.2. The second-order valence-corrected chi connectivity index (χ2v) is 7.19. The molecule has 0 radical (unpaired) electrons. The third-order valence-corrected chi connectivity index (χ3v) is 4.53. The van der Waals surface area contributed by atoms with Crippen LogP contribution in [0.2, 0.25) is 10.0 Å². The number of carbonyl (C=O) groups is 1. The van der Waals surface area contributed by atoms with Gasteiger partial charge in [0.05, 0.1) is 15.7 Å². The predicted octanol–water partition coefficient (Wildman–Crippen LogP) is 4.21. The van der Waals surface area contributed by atoms with Crippen LogP contribution in [-0.4, -0.2) is 36.7 Å². The van der Waals surface area contributed by atoms with Crippen molar-refractivity contribution >= 4 is 59.0 Å². The lowest BCUT2D eigenvalue weighted by atomic mass is 10.1. The Labute approximate surface area is 198 Å². The largest absolute Gasteiger partial charge is 0.359 e. The number of nitrogens with one attached hydrogen (secondary N) is 3. The molecule has 0 atom stereocenters. The average molecular weight is 554 g/mol. The zero-order chi connectivity index (χ0) is 20.5. The number of hydrogen-bond acceptors (Lipinski definition) is 4. The summed E-state index contributed by atoms with van der Waals surface area (Å²) in [5, 5.41) is 13.9. The minimum absolute atomic E-state index is 0. The molecule has 0 fully saturated rings. The van der Waals surface area contributed by atoms with E-state index in [9.17, 15) is 4.79 Å². The van der Waals surface area contributed by atoms with Gasteiger partial charge in [-0.25, -0.2) is 4.99 Å². The molecular weight excluding hydrogens is 528 g/mol. The quantitative estimate of drug-likeness (QED) is 0.197. The van der Waals surface area contributed by atoms with Gasteiger partial charge in [-0.15, -0.1) is 24.0 Å². The van der Waals surface area contributed by atoms with Crippen LogP contribution < -0.4 is 16.0 Å². The molecule has 1 aromatic heterocycles. The number of nitrogens with zero attached hydrogens (tertiary/aromatic N) is 2. The van der Waals surface area contributed by atoms with Gasteiger partial charge in [0, 0.05) is 31.3 Å². The number of hydrogen-bond donors (Lipinski definition) is 3. The van der Waals surface area contributed by atoms with Crippen molar-refractivity contribution in [2.75, 3.05) is 19.6 Å². The maximum absolute atomic E-state index is 12.1. The van der Waals surface area contributed by atoms with Crippen LogP contribution in [0.25, 0.3) is 0 Å². The molecule has 0 bridgehead atoms. The van der Waals surface area contributed by atoms with E-state index in [1.54, 1.807) is 18.2 Å². The van der Waals surface area contributed by atoms with Crippen LogP contribution in [-0.2, 0) is 6.54 Å². The van der Waals surface area contributed by atoms with Crippen molar-refractivity contribution in [3.8, 4) is 0 Å². The SMILES string of the molecule is CCNC(=NCc1cc(C(C)C)no1)NCCNC(=O)c1ccc(Cl)c(Cl)c1.I. The number of aromatic nitrogens is 1. The zero-order valence-corrected chi connectivity index (χ0v) is 20.4. The van der Waals surface area contributed by atoms with Crippen LogP contribution in [0.5, 0.6) is 0 Å². The average Bonchev–Trinajstić information content (AvgIpc) is 3.14. The standard InChI is InChI=1S/C19H25Cl2N5O2.HI/c1-4-22-19(25-11-14-10-17(12(2)3)26-28-14)24-8-7-23-18(27)13-5-6-15(20)16(21)9-13;/h5-6,9-10,12H,4,7-8,11H2,1-3H3,(H,23,27)(H2,22,24,25);1H.